The van der Waals surface area contributed by atoms with Gasteiger partial charge >= 0.3 is 12.1 Å². The van der Waals surface area contributed by atoms with Gasteiger partial charge in [-0.15, -0.1) is 0 Å². The Balaban J connectivity index is 2.92. The zero-order valence-electron chi connectivity index (χ0n) is 21.8. The second-order valence-electron chi connectivity index (χ2n) is 10.1. The Hall–Kier alpha value is -2.61. The van der Waals surface area contributed by atoms with Crippen molar-refractivity contribution in [1.82, 2.24) is 10.2 Å². The smallest absolute Gasteiger partial charge is 0.408 e. The van der Waals surface area contributed by atoms with Gasteiger partial charge in [-0.05, 0) is 38.2 Å². The molecule has 2 N–H and O–H groups in total. The van der Waals surface area contributed by atoms with Crippen LogP contribution in [0, 0.1) is 11.8 Å². The van der Waals surface area contributed by atoms with Crippen LogP contribution in [0.15, 0.2) is 30.3 Å². The molecule has 4 atom stereocenters. The lowest BCUT2D eigenvalue weighted by Gasteiger charge is -2.38. The molecule has 0 aliphatic carbocycles. The highest BCUT2D eigenvalue weighted by Crippen LogP contribution is 2.22. The van der Waals surface area contributed by atoms with E-state index in [1.54, 1.807) is 27.8 Å². The molecule has 1 rings (SSSR count). The summed E-state index contributed by atoms with van der Waals surface area (Å²) >= 11 is 0. The van der Waals surface area contributed by atoms with Crippen LogP contribution in [-0.4, -0.2) is 58.8 Å². The fraction of sp³-hybridized carbons (Fsp3) is 0.654. The van der Waals surface area contributed by atoms with Crippen LogP contribution in [0.1, 0.15) is 66.9 Å². The largest absolute Gasteiger partial charge is 0.460 e. The van der Waals surface area contributed by atoms with Gasteiger partial charge in [0.25, 0.3) is 0 Å². The van der Waals surface area contributed by atoms with Crippen LogP contribution < -0.4 is 5.32 Å². The highest BCUT2D eigenvalue weighted by Gasteiger charge is 2.37. The molecule has 0 spiro atoms. The lowest BCUT2D eigenvalue weighted by molar-refractivity contribution is -0.159. The number of likely N-dealkylation sites (N-methyl/N-ethyl adjacent to an activating group) is 1. The first-order chi connectivity index (χ1) is 15.8. The number of benzene rings is 1. The summed E-state index contributed by atoms with van der Waals surface area (Å²) < 4.78 is 10.6. The number of alkyl carbamates (subject to hydrolysis) is 1. The number of hydrogen-bond acceptors (Lipinski definition) is 6. The molecule has 1 aromatic rings. The Morgan fingerprint density at radius 2 is 1.68 bits per heavy atom. The minimum absolute atomic E-state index is 0.0889. The molecule has 0 aliphatic rings. The molecule has 8 nitrogen and oxygen atoms in total. The monoisotopic (exact) mass is 478 g/mol. The molecule has 0 bridgehead atoms. The van der Waals surface area contributed by atoms with Gasteiger partial charge in [-0.25, -0.2) is 4.79 Å². The van der Waals surface area contributed by atoms with Gasteiger partial charge in [-0.2, -0.15) is 0 Å². The number of ether oxygens (including phenoxy) is 2. The molecule has 0 unspecified atom stereocenters. The molecule has 8 heteroatoms. The van der Waals surface area contributed by atoms with E-state index in [0.29, 0.717) is 6.42 Å². The molecule has 2 amide bonds. The molecule has 192 valence electrons. The summed E-state index contributed by atoms with van der Waals surface area (Å²) in [6, 6.07) is 7.77. The van der Waals surface area contributed by atoms with Gasteiger partial charge in [0.1, 0.15) is 18.2 Å². The van der Waals surface area contributed by atoms with Crippen LogP contribution in [0.5, 0.6) is 0 Å². The molecule has 0 aromatic heterocycles. The first-order valence-electron chi connectivity index (χ1n) is 11.9. The van der Waals surface area contributed by atoms with E-state index in [9.17, 15) is 19.5 Å². The Morgan fingerprint density at radius 1 is 1.09 bits per heavy atom. The Labute approximate surface area is 204 Å². The highest BCUT2D eigenvalue weighted by atomic mass is 16.6. The summed E-state index contributed by atoms with van der Waals surface area (Å²) in [7, 11) is 1.59. The van der Waals surface area contributed by atoms with Crippen molar-refractivity contribution in [1.29, 1.82) is 0 Å². The lowest BCUT2D eigenvalue weighted by Crippen LogP contribution is -2.57. The van der Waals surface area contributed by atoms with E-state index in [4.69, 9.17) is 9.47 Å². The molecule has 0 saturated carbocycles. The quantitative estimate of drug-likeness (QED) is 0.467. The second-order valence-corrected chi connectivity index (χ2v) is 10.1. The number of amides is 2. The van der Waals surface area contributed by atoms with Gasteiger partial charge in [0.2, 0.25) is 5.91 Å². The number of carbonyl (C=O) groups is 3. The third-order valence-electron chi connectivity index (χ3n) is 5.63. The summed E-state index contributed by atoms with van der Waals surface area (Å²) in [6.45, 7) is 12.9. The maximum Gasteiger partial charge on any atom is 0.408 e. The van der Waals surface area contributed by atoms with E-state index in [-0.39, 0.29) is 30.8 Å². The number of carbonyl (C=O) groups excluding carboxylic acids is 3. The van der Waals surface area contributed by atoms with Gasteiger partial charge in [-0.3, -0.25) is 9.59 Å². The molecule has 1 aromatic carbocycles. The van der Waals surface area contributed by atoms with E-state index < -0.39 is 35.9 Å². The fourth-order valence-corrected chi connectivity index (χ4v) is 3.71. The van der Waals surface area contributed by atoms with Gasteiger partial charge in [0.05, 0.1) is 18.6 Å². The summed E-state index contributed by atoms with van der Waals surface area (Å²) in [4.78, 5) is 39.5. The second kappa shape index (κ2) is 13.3. The van der Waals surface area contributed by atoms with Crippen LogP contribution in [0.3, 0.4) is 0 Å². The first-order valence-corrected chi connectivity index (χ1v) is 11.9. The minimum atomic E-state index is -1.11. The average molecular weight is 479 g/mol. The number of rotatable bonds is 11. The number of hydrogen-bond donors (Lipinski definition) is 2. The van der Waals surface area contributed by atoms with Gasteiger partial charge < -0.3 is 24.8 Å². The van der Waals surface area contributed by atoms with Crippen molar-refractivity contribution in [2.75, 3.05) is 7.05 Å². The number of nitrogens with zero attached hydrogens (tertiary/aromatic N) is 1. The van der Waals surface area contributed by atoms with Crippen LogP contribution in [-0.2, 0) is 25.7 Å². The van der Waals surface area contributed by atoms with Crippen molar-refractivity contribution < 1.29 is 29.0 Å². The SMILES string of the molecule is CC[C@H](C)[C@@H]([C@H](O)CC(=O)OC(C)(C)C)N(C)C(=O)[C@@H](NC(=O)OCc1ccccc1)C(C)C. The zero-order valence-corrected chi connectivity index (χ0v) is 21.8. The van der Waals surface area contributed by atoms with Crippen LogP contribution in [0.4, 0.5) is 4.79 Å². The molecule has 0 saturated heterocycles. The van der Waals surface area contributed by atoms with Crippen LogP contribution >= 0.6 is 0 Å². The predicted molar refractivity (Wildman–Crippen MR) is 131 cm³/mol. The number of aliphatic hydroxyl groups is 1. The maximum atomic E-state index is 13.4. The topological polar surface area (TPSA) is 105 Å². The third kappa shape index (κ3) is 9.71. The Bertz CT molecular complexity index is 790. The molecular weight excluding hydrogens is 436 g/mol. The molecule has 0 heterocycles. The number of nitrogens with one attached hydrogen (secondary N) is 1. The first kappa shape index (κ1) is 29.4. The van der Waals surface area contributed by atoms with Crippen LogP contribution in [0.2, 0.25) is 0 Å². The molecule has 0 fully saturated rings. The van der Waals surface area contributed by atoms with Gasteiger partial charge in [-0.1, -0.05) is 64.4 Å². The van der Waals surface area contributed by atoms with Crippen molar-refractivity contribution in [3.05, 3.63) is 35.9 Å². The van der Waals surface area contributed by atoms with Crippen molar-refractivity contribution in [2.24, 2.45) is 11.8 Å². The summed E-state index contributed by atoms with van der Waals surface area (Å²) in [5.74, 6) is -1.21. The fourth-order valence-electron chi connectivity index (χ4n) is 3.71. The molecule has 0 aliphatic heterocycles. The van der Waals surface area contributed by atoms with E-state index in [2.05, 4.69) is 5.32 Å². The third-order valence-corrected chi connectivity index (χ3v) is 5.63. The molecule has 0 radical (unpaired) electrons. The zero-order chi connectivity index (χ0) is 26.1. The number of aliphatic hydroxyl groups excluding tert-OH is 1. The Kier molecular flexibility index (Phi) is 11.5. The molecule has 34 heavy (non-hydrogen) atoms. The molecular formula is C26H42N2O6. The average Bonchev–Trinajstić information content (AvgIpc) is 2.74. The standard InChI is InChI=1S/C26H42N2O6/c1-9-18(4)23(20(29)15-21(30)34-26(5,6)7)28(8)24(31)22(17(2)3)27-25(32)33-16-19-13-11-10-12-14-19/h10-14,17-18,20,22-23,29H,9,15-16H2,1-8H3,(H,27,32)/t18-,20+,22-,23-/m0/s1. The van der Waals surface area contributed by atoms with E-state index >= 15 is 0 Å². The van der Waals surface area contributed by atoms with E-state index in [0.717, 1.165) is 5.56 Å². The van der Waals surface area contributed by atoms with Gasteiger partial charge in [0, 0.05) is 7.05 Å². The van der Waals surface area contributed by atoms with E-state index in [1.165, 1.54) is 4.90 Å². The van der Waals surface area contributed by atoms with Crippen molar-refractivity contribution in [3.63, 3.8) is 0 Å². The normalized spacial score (nSPS) is 15.1. The predicted octanol–water partition coefficient (Wildman–Crippen LogP) is 3.90. The number of esters is 1. The maximum absolute atomic E-state index is 13.4. The van der Waals surface area contributed by atoms with E-state index in [1.807, 2.05) is 58.0 Å². The summed E-state index contributed by atoms with van der Waals surface area (Å²) in [6.07, 6.45) is -1.36. The van der Waals surface area contributed by atoms with Crippen molar-refractivity contribution in [3.8, 4) is 0 Å². The minimum Gasteiger partial charge on any atom is -0.460 e. The van der Waals surface area contributed by atoms with Crippen molar-refractivity contribution >= 4 is 18.0 Å². The van der Waals surface area contributed by atoms with Gasteiger partial charge in [0.15, 0.2) is 0 Å². The summed E-state index contributed by atoms with van der Waals surface area (Å²) in [5, 5.41) is 13.6. The lowest BCUT2D eigenvalue weighted by atomic mass is 9.90. The van der Waals surface area contributed by atoms with Crippen LogP contribution in [0.25, 0.3) is 0 Å². The highest BCUT2D eigenvalue weighted by molar-refractivity contribution is 5.86. The Morgan fingerprint density at radius 3 is 2.18 bits per heavy atom. The van der Waals surface area contributed by atoms with Crippen molar-refractivity contribution in [2.45, 2.75) is 91.7 Å². The summed E-state index contributed by atoms with van der Waals surface area (Å²) in [5.41, 5.74) is 0.168.